The van der Waals surface area contributed by atoms with Crippen molar-refractivity contribution in [1.82, 2.24) is 0 Å². The summed E-state index contributed by atoms with van der Waals surface area (Å²) >= 11 is 0. The highest BCUT2D eigenvalue weighted by Crippen LogP contribution is 2.53. The Kier molecular flexibility index (Phi) is 3.72. The Labute approximate surface area is 141 Å². The van der Waals surface area contributed by atoms with E-state index < -0.39 is 0 Å². The molecule has 0 radical (unpaired) electrons. The molecule has 2 heteroatoms. The molecule has 2 heterocycles. The van der Waals surface area contributed by atoms with E-state index in [0.717, 1.165) is 19.1 Å². The summed E-state index contributed by atoms with van der Waals surface area (Å²) in [5, 5.41) is 0. The third kappa shape index (κ3) is 2.59. The van der Waals surface area contributed by atoms with Crippen LogP contribution in [0.3, 0.4) is 0 Å². The van der Waals surface area contributed by atoms with Crippen LogP contribution in [0.5, 0.6) is 0 Å². The van der Waals surface area contributed by atoms with E-state index in [1.165, 1.54) is 42.5 Å². The maximum atomic E-state index is 6.35. The van der Waals surface area contributed by atoms with Crippen molar-refractivity contribution in [2.75, 3.05) is 18.1 Å². The Balaban J connectivity index is 1.82. The molecule has 2 fully saturated rings. The van der Waals surface area contributed by atoms with Gasteiger partial charge in [-0.3, -0.25) is 0 Å². The smallest absolute Gasteiger partial charge is 0.0892 e. The summed E-state index contributed by atoms with van der Waals surface area (Å²) in [4.78, 5) is 2.70. The van der Waals surface area contributed by atoms with Gasteiger partial charge in [-0.15, -0.1) is 0 Å². The van der Waals surface area contributed by atoms with Gasteiger partial charge in [-0.25, -0.2) is 0 Å². The van der Waals surface area contributed by atoms with Gasteiger partial charge in [0.2, 0.25) is 0 Å². The number of rotatable bonds is 2. The van der Waals surface area contributed by atoms with Gasteiger partial charge in [-0.05, 0) is 55.6 Å². The molecule has 1 saturated heterocycles. The van der Waals surface area contributed by atoms with Gasteiger partial charge in [-0.2, -0.15) is 0 Å². The lowest BCUT2D eigenvalue weighted by atomic mass is 9.75. The minimum Gasteiger partial charge on any atom is -0.373 e. The van der Waals surface area contributed by atoms with Crippen molar-refractivity contribution in [3.05, 3.63) is 29.3 Å². The first-order chi connectivity index (χ1) is 11.0. The van der Waals surface area contributed by atoms with Crippen molar-refractivity contribution in [2.24, 2.45) is 11.8 Å². The lowest BCUT2D eigenvalue weighted by Crippen LogP contribution is -2.50. The third-order valence-corrected chi connectivity index (χ3v) is 6.12. The first kappa shape index (κ1) is 15.5. The molecule has 2 aliphatic heterocycles. The van der Waals surface area contributed by atoms with Crippen molar-refractivity contribution in [3.8, 4) is 0 Å². The number of ether oxygens (including phenoxy) is 1. The van der Waals surface area contributed by atoms with Crippen LogP contribution in [0.2, 0.25) is 0 Å². The summed E-state index contributed by atoms with van der Waals surface area (Å²) in [6.07, 6.45) is 5.73. The monoisotopic (exact) mass is 313 g/mol. The topological polar surface area (TPSA) is 12.5 Å². The lowest BCUT2D eigenvalue weighted by molar-refractivity contribution is -0.0447. The molecule has 1 aromatic rings. The second-order valence-corrected chi connectivity index (χ2v) is 8.74. The van der Waals surface area contributed by atoms with Gasteiger partial charge in [0.25, 0.3) is 0 Å². The summed E-state index contributed by atoms with van der Waals surface area (Å²) < 4.78 is 6.35. The summed E-state index contributed by atoms with van der Waals surface area (Å²) in [6, 6.07) is 7.88. The van der Waals surface area contributed by atoms with Crippen molar-refractivity contribution in [2.45, 2.75) is 70.9 Å². The molecular weight excluding hydrogens is 282 g/mol. The zero-order valence-corrected chi connectivity index (χ0v) is 15.1. The molecule has 1 aliphatic carbocycles. The molecule has 0 N–H and O–H groups in total. The molecule has 0 unspecified atom stereocenters. The predicted octanol–water partition coefficient (Wildman–Crippen LogP) is 5.07. The quantitative estimate of drug-likeness (QED) is 0.756. The fraction of sp³-hybridized carbons (Fsp3) is 0.714. The zero-order valence-electron chi connectivity index (χ0n) is 15.1. The van der Waals surface area contributed by atoms with Crippen LogP contribution in [0.25, 0.3) is 0 Å². The number of hydrogen-bond acceptors (Lipinski definition) is 2. The largest absolute Gasteiger partial charge is 0.373 e. The van der Waals surface area contributed by atoms with Gasteiger partial charge < -0.3 is 9.64 Å². The molecule has 3 aliphatic rings. The average molecular weight is 313 g/mol. The maximum Gasteiger partial charge on any atom is 0.0892 e. The fourth-order valence-corrected chi connectivity index (χ4v) is 4.80. The molecule has 4 rings (SSSR count). The second kappa shape index (κ2) is 5.51. The SMILES string of the molecule is CCN1c2ccc(C(C)(C)C)cc2[C@H]2OCCC[C@H]2[C@H]1C1CC1. The van der Waals surface area contributed by atoms with Gasteiger partial charge in [-0.1, -0.05) is 32.9 Å². The Hall–Kier alpha value is -1.02. The molecule has 3 atom stereocenters. The van der Waals surface area contributed by atoms with E-state index in [4.69, 9.17) is 4.74 Å². The third-order valence-electron chi connectivity index (χ3n) is 6.12. The van der Waals surface area contributed by atoms with Gasteiger partial charge in [0.15, 0.2) is 0 Å². The summed E-state index contributed by atoms with van der Waals surface area (Å²) in [7, 11) is 0. The Morgan fingerprint density at radius 1 is 1.17 bits per heavy atom. The summed E-state index contributed by atoms with van der Waals surface area (Å²) in [5.41, 5.74) is 4.54. The molecule has 0 bridgehead atoms. The van der Waals surface area contributed by atoms with Crippen molar-refractivity contribution in [1.29, 1.82) is 0 Å². The van der Waals surface area contributed by atoms with Crippen LogP contribution in [0.4, 0.5) is 5.69 Å². The molecule has 0 aromatic heterocycles. The highest BCUT2D eigenvalue weighted by atomic mass is 16.5. The average Bonchev–Trinajstić information content (AvgIpc) is 3.36. The molecule has 0 amide bonds. The van der Waals surface area contributed by atoms with Crippen LogP contribution in [-0.2, 0) is 10.2 Å². The van der Waals surface area contributed by atoms with E-state index in [0.29, 0.717) is 18.1 Å². The Bertz CT molecular complexity index is 584. The number of nitrogens with zero attached hydrogens (tertiary/aromatic N) is 1. The first-order valence-corrected chi connectivity index (χ1v) is 9.53. The van der Waals surface area contributed by atoms with Gasteiger partial charge in [0.1, 0.15) is 0 Å². The van der Waals surface area contributed by atoms with E-state index >= 15 is 0 Å². The van der Waals surface area contributed by atoms with Gasteiger partial charge in [0.05, 0.1) is 6.10 Å². The van der Waals surface area contributed by atoms with E-state index in [1.54, 1.807) is 0 Å². The van der Waals surface area contributed by atoms with E-state index in [9.17, 15) is 0 Å². The molecule has 2 nitrogen and oxygen atoms in total. The fourth-order valence-electron chi connectivity index (χ4n) is 4.80. The lowest BCUT2D eigenvalue weighted by Gasteiger charge is -2.49. The number of fused-ring (bicyclic) bond motifs is 3. The normalized spacial score (nSPS) is 30.8. The van der Waals surface area contributed by atoms with Gasteiger partial charge >= 0.3 is 0 Å². The highest BCUT2D eigenvalue weighted by Gasteiger charge is 2.48. The van der Waals surface area contributed by atoms with E-state index in [-0.39, 0.29) is 5.41 Å². The molecule has 23 heavy (non-hydrogen) atoms. The van der Waals surface area contributed by atoms with Crippen LogP contribution < -0.4 is 4.90 Å². The van der Waals surface area contributed by atoms with Crippen molar-refractivity contribution >= 4 is 5.69 Å². The van der Waals surface area contributed by atoms with E-state index in [1.807, 2.05) is 0 Å². The highest BCUT2D eigenvalue weighted by molar-refractivity contribution is 5.60. The number of hydrogen-bond donors (Lipinski definition) is 0. The first-order valence-electron chi connectivity index (χ1n) is 9.53. The second-order valence-electron chi connectivity index (χ2n) is 8.74. The molecule has 1 aromatic carbocycles. The minimum absolute atomic E-state index is 0.198. The van der Waals surface area contributed by atoms with E-state index in [2.05, 4.69) is 50.8 Å². The standard InChI is InChI=1S/C21H31NO/c1-5-22-18-11-10-15(21(2,3)4)13-17(18)20-16(7-6-12-23-20)19(22)14-8-9-14/h10-11,13-14,16,19-20H,5-9,12H2,1-4H3/t16-,19+,20-/m0/s1. The summed E-state index contributed by atoms with van der Waals surface area (Å²) in [5.74, 6) is 1.60. The number of benzene rings is 1. The zero-order chi connectivity index (χ0) is 16.2. The van der Waals surface area contributed by atoms with Gasteiger partial charge in [0, 0.05) is 36.4 Å². The van der Waals surface area contributed by atoms with Crippen LogP contribution in [0.15, 0.2) is 18.2 Å². The summed E-state index contributed by atoms with van der Waals surface area (Å²) in [6.45, 7) is 11.3. The van der Waals surface area contributed by atoms with Crippen molar-refractivity contribution < 1.29 is 4.74 Å². The molecule has 126 valence electrons. The minimum atomic E-state index is 0.198. The molecule has 0 spiro atoms. The maximum absolute atomic E-state index is 6.35. The molecular formula is C21H31NO. The Morgan fingerprint density at radius 3 is 2.61 bits per heavy atom. The van der Waals surface area contributed by atoms with Crippen LogP contribution >= 0.6 is 0 Å². The number of anilines is 1. The Morgan fingerprint density at radius 2 is 1.96 bits per heavy atom. The predicted molar refractivity (Wildman–Crippen MR) is 96.1 cm³/mol. The van der Waals surface area contributed by atoms with Crippen LogP contribution in [0.1, 0.15) is 70.6 Å². The molecule has 1 saturated carbocycles. The van der Waals surface area contributed by atoms with Crippen LogP contribution in [-0.4, -0.2) is 19.2 Å². The van der Waals surface area contributed by atoms with Crippen LogP contribution in [0, 0.1) is 11.8 Å². The van der Waals surface area contributed by atoms with Crippen molar-refractivity contribution in [3.63, 3.8) is 0 Å².